The highest BCUT2D eigenvalue weighted by Crippen LogP contribution is 2.17. The number of benzene rings is 2. The standard InChI is InChI=1S/C12H16O2.C6H4ClFO/c1-3-12(13)14-10(2)9-11-7-5-4-6-8-11;7-4-1-5(8)3-6(9)2-4/h4-8,10H,3,9H2,1-2H3;1-3,9H. The Balaban J connectivity index is 0.000000253. The molecule has 1 unspecified atom stereocenters. The van der Waals surface area contributed by atoms with Gasteiger partial charge in [-0.05, 0) is 24.6 Å². The summed E-state index contributed by atoms with van der Waals surface area (Å²) in [4.78, 5) is 11.0. The molecule has 0 fully saturated rings. The van der Waals surface area contributed by atoms with Gasteiger partial charge < -0.3 is 9.84 Å². The van der Waals surface area contributed by atoms with Crippen molar-refractivity contribution < 1.29 is 19.0 Å². The zero-order valence-corrected chi connectivity index (χ0v) is 13.9. The summed E-state index contributed by atoms with van der Waals surface area (Å²) in [6.45, 7) is 3.72. The SMILES string of the molecule is CCC(=O)OC(C)Cc1ccccc1.Oc1cc(F)cc(Cl)c1. The van der Waals surface area contributed by atoms with Crippen LogP contribution in [0.2, 0.25) is 5.02 Å². The largest absolute Gasteiger partial charge is 0.508 e. The van der Waals surface area contributed by atoms with E-state index in [0.29, 0.717) is 6.42 Å². The molecule has 0 bridgehead atoms. The van der Waals surface area contributed by atoms with Crippen LogP contribution in [0.25, 0.3) is 0 Å². The summed E-state index contributed by atoms with van der Waals surface area (Å²) in [6.07, 6.45) is 1.19. The topological polar surface area (TPSA) is 46.5 Å². The van der Waals surface area contributed by atoms with Crippen molar-refractivity contribution in [3.63, 3.8) is 0 Å². The van der Waals surface area contributed by atoms with Crippen LogP contribution in [0.5, 0.6) is 5.75 Å². The molecule has 2 rings (SSSR count). The maximum Gasteiger partial charge on any atom is 0.305 e. The van der Waals surface area contributed by atoms with E-state index < -0.39 is 5.82 Å². The Morgan fingerprint density at radius 3 is 2.43 bits per heavy atom. The molecule has 124 valence electrons. The summed E-state index contributed by atoms with van der Waals surface area (Å²) in [5.41, 5.74) is 1.20. The lowest BCUT2D eigenvalue weighted by Gasteiger charge is -2.12. The number of hydrogen-bond donors (Lipinski definition) is 1. The van der Waals surface area contributed by atoms with E-state index >= 15 is 0 Å². The van der Waals surface area contributed by atoms with Crippen LogP contribution < -0.4 is 0 Å². The molecule has 23 heavy (non-hydrogen) atoms. The van der Waals surface area contributed by atoms with Gasteiger partial charge in [-0.2, -0.15) is 0 Å². The van der Waals surface area contributed by atoms with Gasteiger partial charge in [0.2, 0.25) is 0 Å². The van der Waals surface area contributed by atoms with Crippen molar-refractivity contribution in [1.82, 2.24) is 0 Å². The normalized spacial score (nSPS) is 11.1. The number of phenolic OH excluding ortho intramolecular Hbond substituents is 1. The number of esters is 1. The molecule has 0 spiro atoms. The molecule has 1 N–H and O–H groups in total. The Morgan fingerprint density at radius 2 is 1.91 bits per heavy atom. The van der Waals surface area contributed by atoms with Crippen LogP contribution in [0.3, 0.4) is 0 Å². The number of aromatic hydroxyl groups is 1. The minimum atomic E-state index is -0.528. The van der Waals surface area contributed by atoms with Crippen LogP contribution in [0.1, 0.15) is 25.8 Å². The molecule has 0 aliphatic heterocycles. The molecule has 2 aromatic rings. The minimum Gasteiger partial charge on any atom is -0.508 e. The summed E-state index contributed by atoms with van der Waals surface area (Å²) in [7, 11) is 0. The lowest BCUT2D eigenvalue weighted by atomic mass is 10.1. The molecule has 2 aromatic carbocycles. The Hall–Kier alpha value is -2.07. The molecule has 1 atom stereocenters. The summed E-state index contributed by atoms with van der Waals surface area (Å²) in [6, 6.07) is 13.4. The average Bonchev–Trinajstić information content (AvgIpc) is 2.47. The fourth-order valence-electron chi connectivity index (χ4n) is 1.83. The Labute approximate surface area is 140 Å². The molecule has 0 radical (unpaired) electrons. The Morgan fingerprint density at radius 1 is 1.26 bits per heavy atom. The first-order chi connectivity index (χ1) is 10.9. The van der Waals surface area contributed by atoms with E-state index in [2.05, 4.69) is 0 Å². The van der Waals surface area contributed by atoms with E-state index in [1.807, 2.05) is 37.3 Å². The molecular formula is C18H20ClFO3. The van der Waals surface area contributed by atoms with Crippen LogP contribution in [0.15, 0.2) is 48.5 Å². The molecule has 0 saturated carbocycles. The third kappa shape index (κ3) is 8.21. The molecule has 0 aliphatic carbocycles. The van der Waals surface area contributed by atoms with E-state index in [-0.39, 0.29) is 22.8 Å². The summed E-state index contributed by atoms with van der Waals surface area (Å²) in [5, 5.41) is 8.87. The smallest absolute Gasteiger partial charge is 0.305 e. The van der Waals surface area contributed by atoms with Crippen molar-refractivity contribution in [2.24, 2.45) is 0 Å². The van der Waals surface area contributed by atoms with Gasteiger partial charge in [0.05, 0.1) is 0 Å². The lowest BCUT2D eigenvalue weighted by molar-refractivity contribution is -0.147. The number of rotatable bonds is 4. The highest BCUT2D eigenvalue weighted by Gasteiger charge is 2.07. The number of carbonyl (C=O) groups is 1. The van der Waals surface area contributed by atoms with E-state index in [9.17, 15) is 9.18 Å². The van der Waals surface area contributed by atoms with Gasteiger partial charge in [-0.1, -0.05) is 48.9 Å². The summed E-state index contributed by atoms with van der Waals surface area (Å²) >= 11 is 5.35. The fourth-order valence-corrected chi connectivity index (χ4v) is 2.05. The van der Waals surface area contributed by atoms with Crippen molar-refractivity contribution in [3.8, 4) is 5.75 Å². The third-order valence-corrected chi connectivity index (χ3v) is 3.05. The first-order valence-electron chi connectivity index (χ1n) is 7.29. The average molecular weight is 339 g/mol. The van der Waals surface area contributed by atoms with Gasteiger partial charge >= 0.3 is 5.97 Å². The third-order valence-electron chi connectivity index (χ3n) is 2.83. The number of halogens is 2. The Bertz CT molecular complexity index is 566. The molecule has 3 nitrogen and oxygen atoms in total. The van der Waals surface area contributed by atoms with E-state index in [0.717, 1.165) is 18.6 Å². The lowest BCUT2D eigenvalue weighted by Crippen LogP contribution is -2.16. The van der Waals surface area contributed by atoms with Gasteiger partial charge in [-0.3, -0.25) is 4.79 Å². The molecular weight excluding hydrogens is 319 g/mol. The van der Waals surface area contributed by atoms with Crippen molar-refractivity contribution in [3.05, 3.63) is 64.9 Å². The fraction of sp³-hybridized carbons (Fsp3) is 0.278. The number of phenols is 1. The zero-order valence-electron chi connectivity index (χ0n) is 13.1. The molecule has 0 aromatic heterocycles. The van der Waals surface area contributed by atoms with Crippen molar-refractivity contribution in [2.75, 3.05) is 0 Å². The maximum absolute atomic E-state index is 12.2. The molecule has 0 amide bonds. The monoisotopic (exact) mass is 338 g/mol. The van der Waals surface area contributed by atoms with Gasteiger partial charge in [-0.15, -0.1) is 0 Å². The van der Waals surface area contributed by atoms with E-state index in [4.69, 9.17) is 21.4 Å². The number of hydrogen-bond acceptors (Lipinski definition) is 3. The molecule has 0 aliphatic rings. The van der Waals surface area contributed by atoms with Crippen molar-refractivity contribution >= 4 is 17.6 Å². The first kappa shape index (κ1) is 19.0. The van der Waals surface area contributed by atoms with Gasteiger partial charge in [0.1, 0.15) is 17.7 Å². The highest BCUT2D eigenvalue weighted by atomic mass is 35.5. The second kappa shape index (κ2) is 9.85. The van der Waals surface area contributed by atoms with Crippen LogP contribution in [0.4, 0.5) is 4.39 Å². The summed E-state index contributed by atoms with van der Waals surface area (Å²) in [5.74, 6) is -0.812. The minimum absolute atomic E-state index is 0.0372. The van der Waals surface area contributed by atoms with Crippen LogP contribution >= 0.6 is 11.6 Å². The molecule has 0 heterocycles. The first-order valence-corrected chi connectivity index (χ1v) is 7.67. The van der Waals surface area contributed by atoms with Crippen molar-refractivity contribution in [1.29, 1.82) is 0 Å². The molecule has 5 heteroatoms. The Kier molecular flexibility index (Phi) is 8.13. The second-order valence-electron chi connectivity index (χ2n) is 4.97. The highest BCUT2D eigenvalue weighted by molar-refractivity contribution is 6.30. The van der Waals surface area contributed by atoms with Crippen LogP contribution in [0, 0.1) is 5.82 Å². The van der Waals surface area contributed by atoms with E-state index in [1.165, 1.54) is 11.6 Å². The van der Waals surface area contributed by atoms with Gasteiger partial charge in [0.25, 0.3) is 0 Å². The van der Waals surface area contributed by atoms with Crippen molar-refractivity contribution in [2.45, 2.75) is 32.8 Å². The number of carbonyl (C=O) groups excluding carboxylic acids is 1. The summed E-state index contributed by atoms with van der Waals surface area (Å²) < 4.78 is 17.3. The van der Waals surface area contributed by atoms with Crippen LogP contribution in [-0.2, 0) is 16.0 Å². The van der Waals surface area contributed by atoms with E-state index in [1.54, 1.807) is 6.92 Å². The zero-order chi connectivity index (χ0) is 17.2. The van der Waals surface area contributed by atoms with Gasteiger partial charge in [0, 0.05) is 23.9 Å². The number of ether oxygens (including phenoxy) is 1. The second-order valence-corrected chi connectivity index (χ2v) is 5.41. The van der Waals surface area contributed by atoms with Gasteiger partial charge in [-0.25, -0.2) is 4.39 Å². The molecule has 0 saturated heterocycles. The predicted octanol–water partition coefficient (Wildman–Crippen LogP) is 4.76. The maximum atomic E-state index is 12.2. The quantitative estimate of drug-likeness (QED) is 0.818. The predicted molar refractivity (Wildman–Crippen MR) is 89.1 cm³/mol. The van der Waals surface area contributed by atoms with Gasteiger partial charge in [0.15, 0.2) is 0 Å². The van der Waals surface area contributed by atoms with Crippen LogP contribution in [-0.4, -0.2) is 17.2 Å².